The molecule has 0 unspecified atom stereocenters. The molecule has 4 nitrogen and oxygen atoms in total. The summed E-state index contributed by atoms with van der Waals surface area (Å²) < 4.78 is 0. The van der Waals surface area contributed by atoms with Crippen LogP contribution < -0.4 is 10.6 Å². The van der Waals surface area contributed by atoms with Gasteiger partial charge in [-0.1, -0.05) is 46.7 Å². The number of hydrogen-bond donors (Lipinski definition) is 2. The minimum absolute atomic E-state index is 0.0634. The van der Waals surface area contributed by atoms with Crippen molar-refractivity contribution in [3.8, 4) is 0 Å². The Bertz CT molecular complexity index is 686. The summed E-state index contributed by atoms with van der Waals surface area (Å²) in [5.74, 6) is 0.438. The van der Waals surface area contributed by atoms with Crippen molar-refractivity contribution in [1.29, 1.82) is 0 Å². The topological polar surface area (TPSA) is 54.0 Å². The van der Waals surface area contributed by atoms with Crippen LogP contribution in [0.25, 0.3) is 0 Å². The number of halogens is 2. The molecule has 104 valence electrons. The number of aromatic nitrogens is 1. The second kappa shape index (κ2) is 5.24. The van der Waals surface area contributed by atoms with Crippen LogP contribution in [0.5, 0.6) is 0 Å². The molecule has 2 N–H and O–H groups in total. The minimum atomic E-state index is -0.107. The molecule has 2 aromatic rings. The van der Waals surface area contributed by atoms with Crippen molar-refractivity contribution in [2.24, 2.45) is 0 Å². The molecule has 0 saturated carbocycles. The first kappa shape index (κ1) is 13.7. The first-order valence-electron chi connectivity index (χ1n) is 6.02. The predicted molar refractivity (Wildman–Crippen MR) is 83.2 cm³/mol. The summed E-state index contributed by atoms with van der Waals surface area (Å²) in [6.07, 6.45) is 0.346. The predicted octanol–water partition coefficient (Wildman–Crippen LogP) is 3.97. The second-order valence-electron chi connectivity index (χ2n) is 4.43. The van der Waals surface area contributed by atoms with E-state index in [1.807, 2.05) is 12.1 Å². The Kier molecular flexibility index (Phi) is 3.58. The number of carbonyl (C=O) groups is 1. The van der Waals surface area contributed by atoms with E-state index in [0.717, 1.165) is 15.6 Å². The van der Waals surface area contributed by atoms with Crippen LogP contribution in [0.2, 0.25) is 10.0 Å². The summed E-state index contributed by atoms with van der Waals surface area (Å²) in [6, 6.07) is 5.48. The highest BCUT2D eigenvalue weighted by atomic mass is 35.5. The summed E-state index contributed by atoms with van der Waals surface area (Å²) in [7, 11) is 1.80. The van der Waals surface area contributed by atoms with Gasteiger partial charge >= 0.3 is 0 Å². The molecule has 0 spiro atoms. The molecule has 7 heteroatoms. The van der Waals surface area contributed by atoms with Crippen LogP contribution in [0.4, 0.5) is 10.9 Å². The Morgan fingerprint density at radius 1 is 1.45 bits per heavy atom. The zero-order chi connectivity index (χ0) is 14.3. The number of rotatable bonds is 2. The highest BCUT2D eigenvalue weighted by Gasteiger charge is 2.31. The Labute approximate surface area is 130 Å². The van der Waals surface area contributed by atoms with E-state index in [-0.39, 0.29) is 11.8 Å². The van der Waals surface area contributed by atoms with Crippen molar-refractivity contribution >= 4 is 51.4 Å². The van der Waals surface area contributed by atoms with Gasteiger partial charge < -0.3 is 10.6 Å². The smallest absolute Gasteiger partial charge is 0.226 e. The van der Waals surface area contributed by atoms with Crippen LogP contribution in [0.3, 0.4) is 0 Å². The van der Waals surface area contributed by atoms with Gasteiger partial charge in [0.2, 0.25) is 5.91 Å². The molecule has 1 aromatic carbocycles. The van der Waals surface area contributed by atoms with Crippen LogP contribution in [0.15, 0.2) is 18.2 Å². The Hall–Kier alpha value is -1.30. The standard InChI is InChI=1S/C13H11Cl2N3OS/c1-16-13-18-12-11(20-13)7(5-9(19)17-12)6-3-2-4-8(14)10(6)15/h2-4,7H,5H2,1H3,(H,16,18)(H,17,19)/t7-/m1/s1. The van der Waals surface area contributed by atoms with Gasteiger partial charge in [0.05, 0.1) is 14.9 Å². The average molecular weight is 328 g/mol. The van der Waals surface area contributed by atoms with Crippen molar-refractivity contribution in [2.45, 2.75) is 12.3 Å². The third-order valence-corrected chi connectivity index (χ3v) is 5.21. The number of carbonyl (C=O) groups excluding carboxylic acids is 1. The third kappa shape index (κ3) is 2.26. The number of thiazole rings is 1. The number of benzene rings is 1. The molecular formula is C13H11Cl2N3OS. The zero-order valence-corrected chi connectivity index (χ0v) is 12.9. The number of hydrogen-bond acceptors (Lipinski definition) is 4. The maximum atomic E-state index is 11.9. The normalized spacial score (nSPS) is 17.6. The van der Waals surface area contributed by atoms with Crippen LogP contribution >= 0.6 is 34.5 Å². The molecule has 2 heterocycles. The molecule has 1 amide bonds. The first-order chi connectivity index (χ1) is 9.60. The van der Waals surface area contributed by atoms with E-state index < -0.39 is 0 Å². The lowest BCUT2D eigenvalue weighted by Crippen LogP contribution is -2.22. The molecule has 1 atom stereocenters. The van der Waals surface area contributed by atoms with Gasteiger partial charge in [0.15, 0.2) is 5.13 Å². The number of nitrogens with zero attached hydrogens (tertiary/aromatic N) is 1. The maximum absolute atomic E-state index is 11.9. The van der Waals surface area contributed by atoms with E-state index in [2.05, 4.69) is 15.6 Å². The molecular weight excluding hydrogens is 317 g/mol. The average Bonchev–Trinajstić information content (AvgIpc) is 2.84. The second-order valence-corrected chi connectivity index (χ2v) is 6.25. The Morgan fingerprint density at radius 3 is 3.00 bits per heavy atom. The van der Waals surface area contributed by atoms with Gasteiger partial charge in [-0.05, 0) is 11.6 Å². The lowest BCUT2D eigenvalue weighted by molar-refractivity contribution is -0.116. The summed E-state index contributed by atoms with van der Waals surface area (Å²) in [6.45, 7) is 0. The molecule has 0 bridgehead atoms. The van der Waals surface area contributed by atoms with Crippen molar-refractivity contribution in [3.63, 3.8) is 0 Å². The number of amides is 1. The van der Waals surface area contributed by atoms with Crippen LogP contribution in [-0.2, 0) is 4.79 Å². The largest absolute Gasteiger partial charge is 0.365 e. The lowest BCUT2D eigenvalue weighted by Gasteiger charge is -2.22. The van der Waals surface area contributed by atoms with Crippen LogP contribution in [0.1, 0.15) is 22.8 Å². The van der Waals surface area contributed by atoms with E-state index in [1.165, 1.54) is 11.3 Å². The van der Waals surface area contributed by atoms with Gasteiger partial charge in [0.1, 0.15) is 5.82 Å². The van der Waals surface area contributed by atoms with E-state index in [0.29, 0.717) is 22.3 Å². The summed E-state index contributed by atoms with van der Waals surface area (Å²) in [5, 5.41) is 7.55. The van der Waals surface area contributed by atoms with Gasteiger partial charge in [-0.15, -0.1) is 0 Å². The van der Waals surface area contributed by atoms with E-state index in [1.54, 1.807) is 13.1 Å². The van der Waals surface area contributed by atoms with Gasteiger partial charge in [-0.3, -0.25) is 4.79 Å². The minimum Gasteiger partial charge on any atom is -0.365 e. The van der Waals surface area contributed by atoms with Gasteiger partial charge in [0.25, 0.3) is 0 Å². The Balaban J connectivity index is 2.12. The molecule has 1 aliphatic heterocycles. The monoisotopic (exact) mass is 327 g/mol. The fourth-order valence-corrected chi connectivity index (χ4v) is 3.70. The van der Waals surface area contributed by atoms with Crippen molar-refractivity contribution in [2.75, 3.05) is 17.7 Å². The number of nitrogens with one attached hydrogen (secondary N) is 2. The molecule has 20 heavy (non-hydrogen) atoms. The SMILES string of the molecule is CNc1nc2c(s1)[C@@H](c1cccc(Cl)c1Cl)CC(=O)N2. The molecule has 0 aliphatic carbocycles. The maximum Gasteiger partial charge on any atom is 0.226 e. The third-order valence-electron chi connectivity index (χ3n) is 3.19. The molecule has 1 aromatic heterocycles. The van der Waals surface area contributed by atoms with E-state index in [4.69, 9.17) is 23.2 Å². The van der Waals surface area contributed by atoms with Gasteiger partial charge in [0, 0.05) is 19.4 Å². The number of anilines is 2. The fourth-order valence-electron chi connectivity index (χ4n) is 2.27. The van der Waals surface area contributed by atoms with Crippen LogP contribution in [0, 0.1) is 0 Å². The molecule has 0 saturated heterocycles. The fraction of sp³-hybridized carbons (Fsp3) is 0.231. The lowest BCUT2D eigenvalue weighted by atomic mass is 9.91. The van der Waals surface area contributed by atoms with Crippen LogP contribution in [-0.4, -0.2) is 17.9 Å². The van der Waals surface area contributed by atoms with Gasteiger partial charge in [-0.2, -0.15) is 0 Å². The van der Waals surface area contributed by atoms with Crippen molar-refractivity contribution in [1.82, 2.24) is 4.98 Å². The highest BCUT2D eigenvalue weighted by molar-refractivity contribution is 7.16. The van der Waals surface area contributed by atoms with Gasteiger partial charge in [-0.25, -0.2) is 4.98 Å². The zero-order valence-electron chi connectivity index (χ0n) is 10.5. The van der Waals surface area contributed by atoms with Crippen molar-refractivity contribution in [3.05, 3.63) is 38.7 Å². The quantitative estimate of drug-likeness (QED) is 0.877. The van der Waals surface area contributed by atoms with E-state index >= 15 is 0 Å². The Morgan fingerprint density at radius 2 is 2.25 bits per heavy atom. The molecule has 3 rings (SSSR count). The summed E-state index contributed by atoms with van der Waals surface area (Å²) >= 11 is 13.9. The summed E-state index contributed by atoms with van der Waals surface area (Å²) in [4.78, 5) is 17.2. The molecule has 0 fully saturated rings. The van der Waals surface area contributed by atoms with Crippen molar-refractivity contribution < 1.29 is 4.79 Å². The highest BCUT2D eigenvalue weighted by Crippen LogP contribution is 2.45. The molecule has 1 aliphatic rings. The number of fused-ring (bicyclic) bond motifs is 1. The summed E-state index contributed by atoms with van der Waals surface area (Å²) in [5.41, 5.74) is 0.863. The molecule has 0 radical (unpaired) electrons. The first-order valence-corrected chi connectivity index (χ1v) is 7.59. The van der Waals surface area contributed by atoms with E-state index in [9.17, 15) is 4.79 Å².